The van der Waals surface area contributed by atoms with Crippen LogP contribution in [-0.2, 0) is 6.54 Å². The Hall–Kier alpha value is -0.950. The van der Waals surface area contributed by atoms with Gasteiger partial charge in [-0.05, 0) is 57.7 Å². The minimum Gasteiger partial charge on any atom is -0.396 e. The number of rotatable bonds is 16. The summed E-state index contributed by atoms with van der Waals surface area (Å²) in [5.74, 6) is 0.246. The molecule has 25 heavy (non-hydrogen) atoms. The fourth-order valence-electron chi connectivity index (χ4n) is 3.23. The number of aliphatic hydroxyl groups excluding tert-OH is 3. The van der Waals surface area contributed by atoms with Gasteiger partial charge in [-0.25, -0.2) is 0 Å². The maximum absolute atomic E-state index is 10.6. The summed E-state index contributed by atoms with van der Waals surface area (Å²) < 4.78 is 1.95. The van der Waals surface area contributed by atoms with E-state index >= 15 is 0 Å². The summed E-state index contributed by atoms with van der Waals surface area (Å²) in [6.07, 6.45) is 10.8. The van der Waals surface area contributed by atoms with Gasteiger partial charge in [0.05, 0.1) is 6.10 Å². The highest BCUT2D eigenvalue weighted by atomic mass is 16.3. The SMILES string of the molecule is CN(CCCn1cccn1)CC(CCCCO)C(O)CCCCCO. The number of hydrogen-bond acceptors (Lipinski definition) is 5. The highest BCUT2D eigenvalue weighted by molar-refractivity contribution is 4.78. The second kappa shape index (κ2) is 14.2. The molecule has 0 spiro atoms. The first-order valence-corrected chi connectivity index (χ1v) is 9.73. The Morgan fingerprint density at radius 3 is 2.40 bits per heavy atom. The molecule has 0 aliphatic heterocycles. The van der Waals surface area contributed by atoms with E-state index in [0.29, 0.717) is 0 Å². The number of unbranched alkanes of at least 4 members (excludes halogenated alkanes) is 3. The van der Waals surface area contributed by atoms with Crippen LogP contribution in [0.3, 0.4) is 0 Å². The number of aryl methyl sites for hydroxylation is 1. The van der Waals surface area contributed by atoms with Crippen molar-refractivity contribution >= 4 is 0 Å². The zero-order chi connectivity index (χ0) is 18.3. The van der Waals surface area contributed by atoms with Crippen LogP contribution in [-0.4, -0.2) is 69.5 Å². The predicted molar refractivity (Wildman–Crippen MR) is 100 cm³/mol. The van der Waals surface area contributed by atoms with E-state index in [4.69, 9.17) is 10.2 Å². The van der Waals surface area contributed by atoms with Gasteiger partial charge in [0.25, 0.3) is 0 Å². The normalized spacial score (nSPS) is 14.1. The third-order valence-electron chi connectivity index (χ3n) is 4.72. The Kier molecular flexibility index (Phi) is 12.6. The van der Waals surface area contributed by atoms with Crippen LogP contribution in [0.2, 0.25) is 0 Å². The first-order valence-electron chi connectivity index (χ1n) is 9.73. The van der Waals surface area contributed by atoms with E-state index in [0.717, 1.165) is 71.0 Å². The van der Waals surface area contributed by atoms with Crippen molar-refractivity contribution < 1.29 is 15.3 Å². The molecule has 0 bridgehead atoms. The molecule has 3 N–H and O–H groups in total. The van der Waals surface area contributed by atoms with Gasteiger partial charge in [0.1, 0.15) is 0 Å². The van der Waals surface area contributed by atoms with E-state index in [9.17, 15) is 5.11 Å². The lowest BCUT2D eigenvalue weighted by Crippen LogP contribution is -2.34. The van der Waals surface area contributed by atoms with Crippen molar-refractivity contribution in [2.24, 2.45) is 5.92 Å². The van der Waals surface area contributed by atoms with Crippen LogP contribution in [0.25, 0.3) is 0 Å². The predicted octanol–water partition coefficient (Wildman–Crippen LogP) is 1.90. The fourth-order valence-corrected chi connectivity index (χ4v) is 3.23. The molecule has 0 saturated heterocycles. The lowest BCUT2D eigenvalue weighted by atomic mass is 9.91. The molecule has 6 heteroatoms. The van der Waals surface area contributed by atoms with Crippen molar-refractivity contribution in [1.29, 1.82) is 0 Å². The molecule has 1 rings (SSSR count). The summed E-state index contributed by atoms with van der Waals surface area (Å²) in [6, 6.07) is 1.94. The maximum atomic E-state index is 10.6. The molecule has 0 aliphatic carbocycles. The van der Waals surface area contributed by atoms with Crippen molar-refractivity contribution in [2.45, 2.75) is 64.0 Å². The quantitative estimate of drug-likeness (QED) is 0.395. The second-order valence-corrected chi connectivity index (χ2v) is 7.00. The summed E-state index contributed by atoms with van der Waals surface area (Å²) in [6.45, 7) is 3.23. The molecule has 0 radical (unpaired) electrons. The van der Waals surface area contributed by atoms with E-state index in [1.807, 2.05) is 16.9 Å². The van der Waals surface area contributed by atoms with Crippen LogP contribution in [0.1, 0.15) is 51.4 Å². The Morgan fingerprint density at radius 2 is 1.72 bits per heavy atom. The number of aliphatic hydroxyl groups is 3. The van der Waals surface area contributed by atoms with Crippen LogP contribution in [0.5, 0.6) is 0 Å². The first-order chi connectivity index (χ1) is 12.2. The molecule has 2 unspecified atom stereocenters. The standard InChI is InChI=1S/C19H37N3O3/c1-21(12-8-14-22-13-7-11-20-22)17-18(9-4-6-16-24)19(25)10-3-2-5-15-23/h7,11,13,18-19,23-25H,2-6,8-10,12,14-17H2,1H3. The Morgan fingerprint density at radius 1 is 1.00 bits per heavy atom. The molecule has 0 aliphatic rings. The van der Waals surface area contributed by atoms with Crippen molar-refractivity contribution in [3.05, 3.63) is 18.5 Å². The van der Waals surface area contributed by atoms with Crippen molar-refractivity contribution in [3.63, 3.8) is 0 Å². The lowest BCUT2D eigenvalue weighted by molar-refractivity contribution is 0.0677. The number of aromatic nitrogens is 2. The first kappa shape index (κ1) is 22.1. The van der Waals surface area contributed by atoms with Gasteiger partial charge in [0, 0.05) is 38.7 Å². The Balaban J connectivity index is 2.33. The monoisotopic (exact) mass is 355 g/mol. The highest BCUT2D eigenvalue weighted by Crippen LogP contribution is 2.19. The molecule has 1 heterocycles. The van der Waals surface area contributed by atoms with Gasteiger partial charge in [-0.3, -0.25) is 4.68 Å². The van der Waals surface area contributed by atoms with Gasteiger partial charge >= 0.3 is 0 Å². The van der Waals surface area contributed by atoms with Crippen LogP contribution >= 0.6 is 0 Å². The minimum absolute atomic E-state index is 0.221. The average Bonchev–Trinajstić information content (AvgIpc) is 3.11. The molecule has 2 atom stereocenters. The molecular formula is C19H37N3O3. The van der Waals surface area contributed by atoms with Gasteiger partial charge < -0.3 is 20.2 Å². The van der Waals surface area contributed by atoms with Crippen LogP contribution in [0.15, 0.2) is 18.5 Å². The molecule has 0 aromatic carbocycles. The molecular weight excluding hydrogens is 318 g/mol. The topological polar surface area (TPSA) is 81.8 Å². The summed E-state index contributed by atoms with van der Waals surface area (Å²) in [4.78, 5) is 2.30. The van der Waals surface area contributed by atoms with Crippen molar-refractivity contribution in [3.8, 4) is 0 Å². The van der Waals surface area contributed by atoms with E-state index in [1.54, 1.807) is 6.20 Å². The summed E-state index contributed by atoms with van der Waals surface area (Å²) in [5, 5.41) is 32.6. The second-order valence-electron chi connectivity index (χ2n) is 7.00. The van der Waals surface area contributed by atoms with Crippen LogP contribution < -0.4 is 0 Å². The number of nitrogens with zero attached hydrogens (tertiary/aromatic N) is 3. The maximum Gasteiger partial charge on any atom is 0.0580 e. The van der Waals surface area contributed by atoms with Gasteiger partial charge in [-0.2, -0.15) is 5.10 Å². The summed E-state index contributed by atoms with van der Waals surface area (Å²) in [5.41, 5.74) is 0. The van der Waals surface area contributed by atoms with Crippen LogP contribution in [0, 0.1) is 5.92 Å². The van der Waals surface area contributed by atoms with Crippen molar-refractivity contribution in [2.75, 3.05) is 33.4 Å². The van der Waals surface area contributed by atoms with Gasteiger partial charge in [0.2, 0.25) is 0 Å². The summed E-state index contributed by atoms with van der Waals surface area (Å²) in [7, 11) is 2.11. The van der Waals surface area contributed by atoms with Crippen molar-refractivity contribution in [1.82, 2.24) is 14.7 Å². The average molecular weight is 356 g/mol. The highest BCUT2D eigenvalue weighted by Gasteiger charge is 2.20. The number of hydrogen-bond donors (Lipinski definition) is 3. The molecule has 0 amide bonds. The zero-order valence-electron chi connectivity index (χ0n) is 15.8. The molecule has 146 valence electrons. The van der Waals surface area contributed by atoms with E-state index < -0.39 is 0 Å². The third kappa shape index (κ3) is 10.6. The molecule has 0 fully saturated rings. The van der Waals surface area contributed by atoms with Crippen LogP contribution in [0.4, 0.5) is 0 Å². The molecule has 6 nitrogen and oxygen atoms in total. The van der Waals surface area contributed by atoms with E-state index in [1.165, 1.54) is 0 Å². The van der Waals surface area contributed by atoms with Gasteiger partial charge in [-0.1, -0.05) is 19.3 Å². The molecule has 0 saturated carbocycles. The fraction of sp³-hybridized carbons (Fsp3) is 0.842. The Labute approximate surface area is 152 Å². The van der Waals surface area contributed by atoms with Gasteiger partial charge in [0.15, 0.2) is 0 Å². The zero-order valence-corrected chi connectivity index (χ0v) is 15.8. The molecule has 1 aromatic heterocycles. The van der Waals surface area contributed by atoms with E-state index in [2.05, 4.69) is 17.0 Å². The molecule has 1 aromatic rings. The van der Waals surface area contributed by atoms with E-state index in [-0.39, 0.29) is 25.2 Å². The third-order valence-corrected chi connectivity index (χ3v) is 4.72. The smallest absolute Gasteiger partial charge is 0.0580 e. The largest absolute Gasteiger partial charge is 0.396 e. The summed E-state index contributed by atoms with van der Waals surface area (Å²) >= 11 is 0. The Bertz CT molecular complexity index is 401. The van der Waals surface area contributed by atoms with Gasteiger partial charge in [-0.15, -0.1) is 0 Å². The lowest BCUT2D eigenvalue weighted by Gasteiger charge is -2.28. The minimum atomic E-state index is -0.300.